The fourth-order valence-electron chi connectivity index (χ4n) is 0.830. The summed E-state index contributed by atoms with van der Waals surface area (Å²) in [5.74, 6) is 0. The number of unbranched alkanes of at least 4 members (excludes halogenated alkanes) is 3. The van der Waals surface area contributed by atoms with E-state index in [4.69, 9.17) is 16.3 Å². The molecule has 0 atom stereocenters. The number of rotatable bonds is 5. The van der Waals surface area contributed by atoms with Crippen LogP contribution >= 0.6 is 11.6 Å². The van der Waals surface area contributed by atoms with Gasteiger partial charge in [0.2, 0.25) is 0 Å². The highest BCUT2D eigenvalue weighted by atomic mass is 35.5. The Kier molecular flexibility index (Phi) is 8.02. The van der Waals surface area contributed by atoms with Gasteiger partial charge >= 0.3 is 11.5 Å². The Bertz CT molecular complexity index is 187. The van der Waals surface area contributed by atoms with Crippen molar-refractivity contribution in [2.24, 2.45) is 0 Å². The van der Waals surface area contributed by atoms with Gasteiger partial charge in [-0.15, -0.1) is 0 Å². The topological polar surface area (TPSA) is 67.4 Å². The first-order valence-electron chi connectivity index (χ1n) is 4.55. The first-order valence-corrected chi connectivity index (χ1v) is 4.93. The summed E-state index contributed by atoms with van der Waals surface area (Å²) < 4.78 is 4.72. The molecule has 5 nitrogen and oxygen atoms in total. The second-order valence-corrected chi connectivity index (χ2v) is 3.06. The van der Waals surface area contributed by atoms with Crippen molar-refractivity contribution in [3.8, 4) is 0 Å². The van der Waals surface area contributed by atoms with E-state index in [1.54, 1.807) is 0 Å². The average molecular weight is 223 g/mol. The molecule has 0 aromatic heterocycles. The predicted molar refractivity (Wildman–Crippen MR) is 53.0 cm³/mol. The number of carbonyl (C=O) groups excluding carboxylic acids is 2. The molecule has 82 valence electrons. The quantitative estimate of drug-likeness (QED) is 0.324. The maximum atomic E-state index is 10.8. The molecule has 0 rings (SSSR count). The van der Waals surface area contributed by atoms with Crippen LogP contribution in [0.1, 0.15) is 32.6 Å². The molecule has 2 N–H and O–H groups in total. The van der Waals surface area contributed by atoms with E-state index < -0.39 is 11.5 Å². The summed E-state index contributed by atoms with van der Waals surface area (Å²) in [7, 11) is 0. The molecular weight excluding hydrogens is 208 g/mol. The van der Waals surface area contributed by atoms with Crippen molar-refractivity contribution in [2.75, 3.05) is 6.61 Å². The molecule has 0 aliphatic rings. The fraction of sp³-hybridized carbons (Fsp3) is 0.750. The number of carbonyl (C=O) groups is 2. The third kappa shape index (κ3) is 9.12. The minimum absolute atomic E-state index is 0.351. The predicted octanol–water partition coefficient (Wildman–Crippen LogP) is 2.16. The number of ether oxygens (including phenoxy) is 1. The smallest absolute Gasteiger partial charge is 0.426 e. The van der Waals surface area contributed by atoms with Crippen LogP contribution in [0, 0.1) is 0 Å². The Labute approximate surface area is 88.1 Å². The minimum Gasteiger partial charge on any atom is -0.448 e. The van der Waals surface area contributed by atoms with Crippen LogP contribution in [0.4, 0.5) is 9.59 Å². The largest absolute Gasteiger partial charge is 0.448 e. The van der Waals surface area contributed by atoms with Gasteiger partial charge in [-0.3, -0.25) is 10.2 Å². The molecule has 14 heavy (non-hydrogen) atoms. The van der Waals surface area contributed by atoms with Crippen LogP contribution in [0.2, 0.25) is 0 Å². The van der Waals surface area contributed by atoms with Crippen molar-refractivity contribution < 1.29 is 14.3 Å². The standard InChI is InChI=1S/C8H15ClN2O3/c1-2-3-4-5-6-14-8(13)11-10-7(9)12/h2-6H2,1H3,(H,10,12)(H,11,13). The normalized spacial score (nSPS) is 9.29. The Balaban J connectivity index is 3.22. The molecule has 0 aromatic rings. The van der Waals surface area contributed by atoms with Gasteiger partial charge < -0.3 is 4.74 Å². The van der Waals surface area contributed by atoms with Gasteiger partial charge in [-0.25, -0.2) is 10.2 Å². The summed E-state index contributed by atoms with van der Waals surface area (Å²) in [5.41, 5.74) is 3.88. The van der Waals surface area contributed by atoms with Crippen molar-refractivity contribution in [3.63, 3.8) is 0 Å². The van der Waals surface area contributed by atoms with E-state index in [2.05, 4.69) is 6.92 Å². The second kappa shape index (κ2) is 8.62. The van der Waals surface area contributed by atoms with Crippen LogP contribution < -0.4 is 10.9 Å². The highest BCUT2D eigenvalue weighted by Crippen LogP contribution is 1.98. The van der Waals surface area contributed by atoms with E-state index in [1.807, 2.05) is 10.9 Å². The van der Waals surface area contributed by atoms with Crippen LogP contribution in [-0.2, 0) is 4.74 Å². The molecule has 0 fully saturated rings. The van der Waals surface area contributed by atoms with Crippen LogP contribution in [0.5, 0.6) is 0 Å². The number of hydrogen-bond acceptors (Lipinski definition) is 3. The summed E-state index contributed by atoms with van der Waals surface area (Å²) in [6, 6.07) is 0. The van der Waals surface area contributed by atoms with E-state index in [0.29, 0.717) is 6.61 Å². The van der Waals surface area contributed by atoms with E-state index in [0.717, 1.165) is 25.7 Å². The lowest BCUT2D eigenvalue weighted by molar-refractivity contribution is 0.140. The number of hydrogen-bond donors (Lipinski definition) is 2. The monoisotopic (exact) mass is 222 g/mol. The Morgan fingerprint density at radius 2 is 1.93 bits per heavy atom. The number of halogens is 1. The summed E-state index contributed by atoms with van der Waals surface area (Å²) in [6.07, 6.45) is 3.43. The molecule has 0 heterocycles. The molecule has 0 saturated carbocycles. The van der Waals surface area contributed by atoms with Crippen molar-refractivity contribution in [1.82, 2.24) is 10.9 Å². The molecule has 0 bridgehead atoms. The molecule has 6 heteroatoms. The zero-order valence-electron chi connectivity index (χ0n) is 8.14. The van der Waals surface area contributed by atoms with Crippen molar-refractivity contribution in [3.05, 3.63) is 0 Å². The van der Waals surface area contributed by atoms with Crippen molar-refractivity contribution >= 4 is 23.1 Å². The summed E-state index contributed by atoms with van der Waals surface area (Å²) in [6.45, 7) is 2.45. The molecule has 0 unspecified atom stereocenters. The van der Waals surface area contributed by atoms with Crippen molar-refractivity contribution in [2.45, 2.75) is 32.6 Å². The van der Waals surface area contributed by atoms with Gasteiger partial charge in [-0.05, 0) is 18.0 Å². The lowest BCUT2D eigenvalue weighted by atomic mass is 10.2. The first kappa shape index (κ1) is 13.0. The molecule has 0 spiro atoms. The maximum Gasteiger partial charge on any atom is 0.426 e. The fourth-order valence-corrected chi connectivity index (χ4v) is 0.877. The summed E-state index contributed by atoms with van der Waals surface area (Å²) >= 11 is 4.90. The second-order valence-electron chi connectivity index (χ2n) is 2.72. The highest BCUT2D eigenvalue weighted by molar-refractivity contribution is 6.62. The van der Waals surface area contributed by atoms with Gasteiger partial charge in [-0.2, -0.15) is 0 Å². The molecule has 0 radical (unpaired) electrons. The number of amides is 2. The highest BCUT2D eigenvalue weighted by Gasteiger charge is 2.01. The SMILES string of the molecule is CCCCCCOC(=O)NNC(=O)Cl. The van der Waals surface area contributed by atoms with Gasteiger partial charge in [0.25, 0.3) is 0 Å². The van der Waals surface area contributed by atoms with Gasteiger partial charge in [0, 0.05) is 0 Å². The maximum absolute atomic E-state index is 10.8. The third-order valence-corrected chi connectivity index (χ3v) is 1.59. The Hall–Kier alpha value is -0.970. The molecule has 2 amide bonds. The Morgan fingerprint density at radius 3 is 2.50 bits per heavy atom. The zero-order valence-corrected chi connectivity index (χ0v) is 8.89. The van der Waals surface area contributed by atoms with E-state index in [9.17, 15) is 9.59 Å². The van der Waals surface area contributed by atoms with Crippen LogP contribution in [0.15, 0.2) is 0 Å². The van der Waals surface area contributed by atoms with Gasteiger partial charge in [-0.1, -0.05) is 26.2 Å². The lowest BCUT2D eigenvalue weighted by Crippen LogP contribution is -2.39. The Morgan fingerprint density at radius 1 is 1.21 bits per heavy atom. The average Bonchev–Trinajstić information content (AvgIpc) is 2.14. The van der Waals surface area contributed by atoms with E-state index >= 15 is 0 Å². The molecule has 0 saturated heterocycles. The van der Waals surface area contributed by atoms with E-state index in [1.165, 1.54) is 0 Å². The van der Waals surface area contributed by atoms with Crippen LogP contribution in [0.3, 0.4) is 0 Å². The van der Waals surface area contributed by atoms with E-state index in [-0.39, 0.29) is 0 Å². The number of hydrazine groups is 1. The molecule has 0 aromatic carbocycles. The number of nitrogens with one attached hydrogen (secondary N) is 2. The third-order valence-electron chi connectivity index (χ3n) is 1.49. The molecule has 0 aliphatic heterocycles. The lowest BCUT2D eigenvalue weighted by Gasteiger charge is -2.05. The molecular formula is C8H15ClN2O3. The molecule has 0 aliphatic carbocycles. The summed E-state index contributed by atoms with van der Waals surface area (Å²) in [5, 5.41) is -0.854. The van der Waals surface area contributed by atoms with Crippen molar-refractivity contribution in [1.29, 1.82) is 0 Å². The zero-order chi connectivity index (χ0) is 10.8. The van der Waals surface area contributed by atoms with Gasteiger partial charge in [0.1, 0.15) is 0 Å². The van der Waals surface area contributed by atoms with Crippen LogP contribution in [0.25, 0.3) is 0 Å². The van der Waals surface area contributed by atoms with Crippen LogP contribution in [-0.4, -0.2) is 18.1 Å². The van der Waals surface area contributed by atoms with Gasteiger partial charge in [0.05, 0.1) is 6.61 Å². The summed E-state index contributed by atoms with van der Waals surface area (Å²) in [4.78, 5) is 20.9. The minimum atomic E-state index is -0.854. The van der Waals surface area contributed by atoms with Gasteiger partial charge in [0.15, 0.2) is 0 Å². The first-order chi connectivity index (χ1) is 6.66.